The monoisotopic (exact) mass is 510 g/mol. The lowest BCUT2D eigenvalue weighted by atomic mass is 10.0. The summed E-state index contributed by atoms with van der Waals surface area (Å²) in [6, 6.07) is 11.2. The van der Waals surface area contributed by atoms with Gasteiger partial charge in [-0.15, -0.1) is 0 Å². The quantitative estimate of drug-likeness (QED) is 0.343. The molecule has 1 aromatic heterocycles. The first-order valence-electron chi connectivity index (χ1n) is 12.5. The highest BCUT2D eigenvalue weighted by molar-refractivity contribution is 5.76. The van der Waals surface area contributed by atoms with E-state index in [2.05, 4.69) is 29.1 Å². The van der Waals surface area contributed by atoms with Gasteiger partial charge in [-0.05, 0) is 63.6 Å². The van der Waals surface area contributed by atoms with E-state index in [9.17, 15) is 13.6 Å². The van der Waals surface area contributed by atoms with Crippen molar-refractivity contribution in [3.63, 3.8) is 0 Å². The molecule has 0 fully saturated rings. The Bertz CT molecular complexity index is 1190. The SMILES string of the molecule is CC(C)C[C@H](NCc1ccc(-c2cnc(N)c(CCc3c(F)cccc3F)n2)cc1)C(=O)OC(C)(C)C. The Balaban J connectivity index is 1.68. The molecule has 6 nitrogen and oxygen atoms in total. The lowest BCUT2D eigenvalue weighted by Gasteiger charge is -2.25. The highest BCUT2D eigenvalue weighted by Crippen LogP contribution is 2.22. The smallest absolute Gasteiger partial charge is 0.323 e. The molecule has 0 radical (unpaired) electrons. The number of ether oxygens (including phenoxy) is 1. The predicted molar refractivity (Wildman–Crippen MR) is 142 cm³/mol. The third kappa shape index (κ3) is 8.32. The van der Waals surface area contributed by atoms with Crippen LogP contribution in [-0.4, -0.2) is 27.6 Å². The molecule has 1 heterocycles. The molecule has 3 N–H and O–H groups in total. The third-order valence-electron chi connectivity index (χ3n) is 5.75. The lowest BCUT2D eigenvalue weighted by molar-refractivity contribution is -0.158. The molecule has 0 spiro atoms. The number of carbonyl (C=O) groups is 1. The topological polar surface area (TPSA) is 90.1 Å². The highest BCUT2D eigenvalue weighted by atomic mass is 19.1. The van der Waals surface area contributed by atoms with Crippen molar-refractivity contribution in [1.29, 1.82) is 0 Å². The number of nitrogen functional groups attached to an aromatic ring is 1. The second kappa shape index (κ2) is 12.2. The number of nitrogens with zero attached hydrogens (tertiary/aromatic N) is 2. The van der Waals surface area contributed by atoms with Crippen molar-refractivity contribution >= 4 is 11.8 Å². The molecule has 0 bridgehead atoms. The zero-order chi connectivity index (χ0) is 27.2. The maximum Gasteiger partial charge on any atom is 0.323 e. The Morgan fingerprint density at radius 3 is 2.30 bits per heavy atom. The van der Waals surface area contributed by atoms with Gasteiger partial charge in [0.2, 0.25) is 0 Å². The van der Waals surface area contributed by atoms with E-state index in [0.29, 0.717) is 30.3 Å². The molecule has 8 heteroatoms. The minimum Gasteiger partial charge on any atom is -0.459 e. The zero-order valence-electron chi connectivity index (χ0n) is 22.1. The molecule has 3 aromatic rings. The number of nitrogens with two attached hydrogens (primary N) is 1. The van der Waals surface area contributed by atoms with Gasteiger partial charge in [-0.25, -0.2) is 18.7 Å². The molecule has 0 unspecified atom stereocenters. The number of carbonyl (C=O) groups excluding carboxylic acids is 1. The summed E-state index contributed by atoms with van der Waals surface area (Å²) in [5, 5.41) is 3.33. The van der Waals surface area contributed by atoms with Gasteiger partial charge >= 0.3 is 5.97 Å². The fourth-order valence-electron chi connectivity index (χ4n) is 3.92. The molecule has 37 heavy (non-hydrogen) atoms. The van der Waals surface area contributed by atoms with E-state index >= 15 is 0 Å². The maximum atomic E-state index is 14.0. The van der Waals surface area contributed by atoms with Crippen LogP contribution in [0.5, 0.6) is 0 Å². The van der Waals surface area contributed by atoms with Gasteiger partial charge in [0.05, 0.1) is 17.6 Å². The van der Waals surface area contributed by atoms with Crippen molar-refractivity contribution < 1.29 is 18.3 Å². The van der Waals surface area contributed by atoms with Crippen LogP contribution in [0.4, 0.5) is 14.6 Å². The molecular weight excluding hydrogens is 474 g/mol. The minimum absolute atomic E-state index is 0.00751. The predicted octanol–water partition coefficient (Wildman–Crippen LogP) is 5.64. The fraction of sp³-hybridized carbons (Fsp3) is 0.414. The number of nitrogens with one attached hydrogen (secondary N) is 1. The van der Waals surface area contributed by atoms with Crippen LogP contribution >= 0.6 is 0 Å². The van der Waals surface area contributed by atoms with E-state index in [1.54, 1.807) is 6.20 Å². The van der Waals surface area contributed by atoms with Crippen LogP contribution in [0.15, 0.2) is 48.7 Å². The Labute approximate surface area is 217 Å². The summed E-state index contributed by atoms with van der Waals surface area (Å²) in [4.78, 5) is 21.5. The largest absolute Gasteiger partial charge is 0.459 e. The average Bonchev–Trinajstić information content (AvgIpc) is 2.81. The van der Waals surface area contributed by atoms with E-state index in [0.717, 1.165) is 11.1 Å². The summed E-state index contributed by atoms with van der Waals surface area (Å²) in [5.41, 5.74) is 8.39. The van der Waals surface area contributed by atoms with Crippen LogP contribution in [0.2, 0.25) is 0 Å². The Kier molecular flexibility index (Phi) is 9.32. The van der Waals surface area contributed by atoms with Crippen molar-refractivity contribution in [2.75, 3.05) is 5.73 Å². The van der Waals surface area contributed by atoms with Crippen molar-refractivity contribution in [1.82, 2.24) is 15.3 Å². The summed E-state index contributed by atoms with van der Waals surface area (Å²) in [7, 11) is 0. The summed E-state index contributed by atoms with van der Waals surface area (Å²) in [6.45, 7) is 10.2. The molecule has 3 rings (SSSR count). The first-order chi connectivity index (χ1) is 17.4. The van der Waals surface area contributed by atoms with Gasteiger partial charge in [-0.3, -0.25) is 4.79 Å². The number of esters is 1. The van der Waals surface area contributed by atoms with E-state index in [4.69, 9.17) is 10.5 Å². The molecule has 1 atom stereocenters. The lowest BCUT2D eigenvalue weighted by Crippen LogP contribution is -2.41. The number of aryl methyl sites for hydroxylation is 1. The second-order valence-electron chi connectivity index (χ2n) is 10.6. The standard InChI is InChI=1S/C29H36F2N4O2/c1-18(2)15-25(28(36)37-29(3,4)5)33-16-19-9-11-20(12-10-19)26-17-34-27(32)24(35-26)14-13-21-22(30)7-6-8-23(21)31/h6-12,17-18,25,33H,13-16H2,1-5H3,(H2,32,34)/t25-/m0/s1. The Morgan fingerprint density at radius 1 is 1.05 bits per heavy atom. The number of anilines is 1. The van der Waals surface area contributed by atoms with Crippen molar-refractivity contribution in [2.24, 2.45) is 5.92 Å². The first-order valence-corrected chi connectivity index (χ1v) is 12.5. The molecule has 0 aliphatic rings. The van der Waals surface area contributed by atoms with Crippen LogP contribution < -0.4 is 11.1 Å². The van der Waals surface area contributed by atoms with Gasteiger partial charge < -0.3 is 15.8 Å². The fourth-order valence-corrected chi connectivity index (χ4v) is 3.92. The summed E-state index contributed by atoms with van der Waals surface area (Å²) in [6.07, 6.45) is 2.64. The Morgan fingerprint density at radius 2 is 1.70 bits per heavy atom. The number of hydrogen-bond acceptors (Lipinski definition) is 6. The van der Waals surface area contributed by atoms with Gasteiger partial charge in [-0.2, -0.15) is 0 Å². The molecule has 0 aliphatic carbocycles. The number of halogens is 2. The van der Waals surface area contributed by atoms with E-state index in [1.807, 2.05) is 45.0 Å². The van der Waals surface area contributed by atoms with Crippen LogP contribution in [0, 0.1) is 17.6 Å². The van der Waals surface area contributed by atoms with Gasteiger partial charge in [-0.1, -0.05) is 44.2 Å². The maximum absolute atomic E-state index is 14.0. The van der Waals surface area contributed by atoms with Crippen molar-refractivity contribution in [3.05, 3.63) is 77.1 Å². The molecule has 198 valence electrons. The molecule has 0 aliphatic heterocycles. The van der Waals surface area contributed by atoms with Gasteiger partial charge in [0.25, 0.3) is 0 Å². The van der Waals surface area contributed by atoms with E-state index < -0.39 is 23.3 Å². The summed E-state index contributed by atoms with van der Waals surface area (Å²) < 4.78 is 33.6. The minimum atomic E-state index is -0.589. The Hall–Kier alpha value is -3.39. The van der Waals surface area contributed by atoms with Gasteiger partial charge in [0.15, 0.2) is 0 Å². The molecule has 2 aromatic carbocycles. The van der Waals surface area contributed by atoms with Crippen LogP contribution in [0.3, 0.4) is 0 Å². The van der Waals surface area contributed by atoms with Crippen molar-refractivity contribution in [3.8, 4) is 11.3 Å². The summed E-state index contributed by atoms with van der Waals surface area (Å²) in [5.74, 6) is -0.860. The number of aromatic nitrogens is 2. The van der Waals surface area contributed by atoms with Crippen LogP contribution in [0.1, 0.15) is 57.9 Å². The van der Waals surface area contributed by atoms with Gasteiger partial charge in [0, 0.05) is 17.7 Å². The number of hydrogen-bond donors (Lipinski definition) is 2. The van der Waals surface area contributed by atoms with Gasteiger partial charge in [0.1, 0.15) is 29.1 Å². The molecule has 0 amide bonds. The van der Waals surface area contributed by atoms with E-state index in [-0.39, 0.29) is 30.2 Å². The normalized spacial score (nSPS) is 12.5. The third-order valence-corrected chi connectivity index (χ3v) is 5.75. The number of rotatable bonds is 10. The number of benzene rings is 2. The molecular formula is C29H36F2N4O2. The first kappa shape index (κ1) is 28.2. The molecule has 0 saturated carbocycles. The van der Waals surface area contributed by atoms with Crippen molar-refractivity contribution in [2.45, 2.75) is 72.1 Å². The highest BCUT2D eigenvalue weighted by Gasteiger charge is 2.25. The summed E-state index contributed by atoms with van der Waals surface area (Å²) >= 11 is 0. The molecule has 0 saturated heterocycles. The average molecular weight is 511 g/mol. The zero-order valence-corrected chi connectivity index (χ0v) is 22.1. The van der Waals surface area contributed by atoms with E-state index in [1.165, 1.54) is 18.2 Å². The van der Waals surface area contributed by atoms with Crippen LogP contribution in [-0.2, 0) is 28.9 Å². The van der Waals surface area contributed by atoms with Crippen LogP contribution in [0.25, 0.3) is 11.3 Å². The second-order valence-corrected chi connectivity index (χ2v) is 10.6.